The first-order valence-corrected chi connectivity index (χ1v) is 8.09. The fourth-order valence-electron chi connectivity index (χ4n) is 3.33. The predicted octanol–water partition coefficient (Wildman–Crippen LogP) is 2.68. The third kappa shape index (κ3) is 2.63. The van der Waals surface area contributed by atoms with E-state index >= 15 is 0 Å². The van der Waals surface area contributed by atoms with Crippen molar-refractivity contribution in [2.75, 3.05) is 31.1 Å². The molecule has 0 spiro atoms. The van der Waals surface area contributed by atoms with Gasteiger partial charge in [-0.2, -0.15) is 0 Å². The Labute approximate surface area is 126 Å². The second-order valence-electron chi connectivity index (χ2n) is 5.86. The molecule has 5 heteroatoms. The highest BCUT2D eigenvalue weighted by Gasteiger charge is 2.31. The van der Waals surface area contributed by atoms with E-state index in [1.54, 1.807) is 0 Å². The molecule has 1 aromatic heterocycles. The fraction of sp³-hybridized carbons (Fsp3) is 0.733. The number of likely N-dealkylation sites (tertiary alicyclic amines) is 1. The third-order valence-corrected chi connectivity index (χ3v) is 4.91. The largest absolute Gasteiger partial charge is 0.355 e. The lowest BCUT2D eigenvalue weighted by atomic mass is 10.2. The Morgan fingerprint density at radius 2 is 1.95 bits per heavy atom. The van der Waals surface area contributed by atoms with Crippen LogP contribution in [0, 0.1) is 6.92 Å². The minimum atomic E-state index is 0.608. The molecule has 20 heavy (non-hydrogen) atoms. The van der Waals surface area contributed by atoms with Gasteiger partial charge in [-0.05, 0) is 39.3 Å². The standard InChI is InChI=1S/C15H23ClN4/c1-3-13-17-14(16)11(2)15(18-13)20-9-6-12(10-20)19-7-4-5-8-19/h12H,3-10H2,1-2H3. The zero-order valence-electron chi connectivity index (χ0n) is 12.4. The van der Waals surface area contributed by atoms with E-state index in [0.29, 0.717) is 11.2 Å². The van der Waals surface area contributed by atoms with Crippen LogP contribution in [0.4, 0.5) is 5.82 Å². The zero-order valence-corrected chi connectivity index (χ0v) is 13.2. The average Bonchev–Trinajstić information content (AvgIpc) is 3.11. The van der Waals surface area contributed by atoms with Crippen LogP contribution in [0.15, 0.2) is 0 Å². The van der Waals surface area contributed by atoms with Crippen LogP contribution in [0.25, 0.3) is 0 Å². The van der Waals surface area contributed by atoms with E-state index in [2.05, 4.69) is 21.7 Å². The average molecular weight is 295 g/mol. The van der Waals surface area contributed by atoms with Crippen molar-refractivity contribution in [3.63, 3.8) is 0 Å². The smallest absolute Gasteiger partial charge is 0.137 e. The van der Waals surface area contributed by atoms with Gasteiger partial charge in [0.2, 0.25) is 0 Å². The predicted molar refractivity (Wildman–Crippen MR) is 82.6 cm³/mol. The lowest BCUT2D eigenvalue weighted by Crippen LogP contribution is -2.35. The molecule has 1 unspecified atom stereocenters. The molecule has 3 heterocycles. The number of anilines is 1. The van der Waals surface area contributed by atoms with E-state index in [-0.39, 0.29) is 0 Å². The minimum Gasteiger partial charge on any atom is -0.355 e. The number of rotatable bonds is 3. The van der Waals surface area contributed by atoms with Crippen LogP contribution in [-0.2, 0) is 6.42 Å². The molecule has 0 radical (unpaired) electrons. The lowest BCUT2D eigenvalue weighted by molar-refractivity contribution is 0.260. The Hall–Kier alpha value is -0.870. The molecule has 1 aromatic rings. The molecule has 0 N–H and O–H groups in total. The van der Waals surface area contributed by atoms with Crippen molar-refractivity contribution >= 4 is 17.4 Å². The number of hydrogen-bond donors (Lipinski definition) is 0. The van der Waals surface area contributed by atoms with Gasteiger partial charge in [-0.15, -0.1) is 0 Å². The van der Waals surface area contributed by atoms with Gasteiger partial charge in [0.05, 0.1) is 0 Å². The molecular formula is C15H23ClN4. The molecule has 0 aromatic carbocycles. The van der Waals surface area contributed by atoms with Crippen LogP contribution in [0.3, 0.4) is 0 Å². The van der Waals surface area contributed by atoms with E-state index in [1.165, 1.54) is 32.4 Å². The van der Waals surface area contributed by atoms with Gasteiger partial charge >= 0.3 is 0 Å². The van der Waals surface area contributed by atoms with Crippen molar-refractivity contribution in [3.8, 4) is 0 Å². The topological polar surface area (TPSA) is 32.3 Å². The molecule has 4 nitrogen and oxygen atoms in total. The molecule has 1 atom stereocenters. The summed E-state index contributed by atoms with van der Waals surface area (Å²) in [6.07, 6.45) is 4.78. The van der Waals surface area contributed by atoms with Crippen LogP contribution in [0.5, 0.6) is 0 Å². The molecule has 3 rings (SSSR count). The first kappa shape index (κ1) is 14.1. The fourth-order valence-corrected chi connectivity index (χ4v) is 3.51. The zero-order chi connectivity index (χ0) is 14.1. The summed E-state index contributed by atoms with van der Waals surface area (Å²) in [4.78, 5) is 14.1. The summed E-state index contributed by atoms with van der Waals surface area (Å²) >= 11 is 6.25. The monoisotopic (exact) mass is 294 g/mol. The summed E-state index contributed by atoms with van der Waals surface area (Å²) in [6.45, 7) is 8.79. The van der Waals surface area contributed by atoms with Gasteiger partial charge in [0, 0.05) is 31.1 Å². The maximum absolute atomic E-state index is 6.25. The van der Waals surface area contributed by atoms with E-state index in [4.69, 9.17) is 16.6 Å². The van der Waals surface area contributed by atoms with E-state index in [0.717, 1.165) is 36.7 Å². The molecule has 0 amide bonds. The second kappa shape index (κ2) is 5.86. The number of halogens is 1. The van der Waals surface area contributed by atoms with Gasteiger partial charge in [-0.1, -0.05) is 18.5 Å². The first-order valence-electron chi connectivity index (χ1n) is 7.71. The van der Waals surface area contributed by atoms with E-state index in [9.17, 15) is 0 Å². The Balaban J connectivity index is 1.78. The van der Waals surface area contributed by atoms with Gasteiger partial charge in [-0.3, -0.25) is 4.90 Å². The van der Waals surface area contributed by atoms with Crippen LogP contribution in [-0.4, -0.2) is 47.1 Å². The lowest BCUT2D eigenvalue weighted by Gasteiger charge is -2.25. The SMILES string of the molecule is CCc1nc(Cl)c(C)c(N2CCC(N3CCCC3)C2)n1. The molecule has 2 saturated heterocycles. The molecule has 2 aliphatic heterocycles. The summed E-state index contributed by atoms with van der Waals surface area (Å²) in [5.41, 5.74) is 1.02. The van der Waals surface area contributed by atoms with Crippen LogP contribution >= 0.6 is 11.6 Å². The van der Waals surface area contributed by atoms with Gasteiger partial charge in [0.15, 0.2) is 0 Å². The minimum absolute atomic E-state index is 0.608. The first-order chi connectivity index (χ1) is 9.69. The molecular weight excluding hydrogens is 272 g/mol. The molecule has 2 aliphatic rings. The van der Waals surface area contributed by atoms with Crippen LogP contribution in [0.2, 0.25) is 5.15 Å². The van der Waals surface area contributed by atoms with Crippen molar-refractivity contribution in [1.29, 1.82) is 0 Å². The van der Waals surface area contributed by atoms with Crippen LogP contribution in [0.1, 0.15) is 37.6 Å². The number of aryl methyl sites for hydroxylation is 1. The molecule has 2 fully saturated rings. The molecule has 110 valence electrons. The van der Waals surface area contributed by atoms with Gasteiger partial charge < -0.3 is 4.90 Å². The maximum atomic E-state index is 6.25. The number of aromatic nitrogens is 2. The Kier molecular flexibility index (Phi) is 4.13. The van der Waals surface area contributed by atoms with Crippen molar-refractivity contribution in [2.24, 2.45) is 0 Å². The van der Waals surface area contributed by atoms with Crippen molar-refractivity contribution < 1.29 is 0 Å². The normalized spacial score (nSPS) is 23.8. The summed E-state index contributed by atoms with van der Waals surface area (Å²) in [5, 5.41) is 0.608. The third-order valence-electron chi connectivity index (χ3n) is 4.54. The molecule has 0 saturated carbocycles. The van der Waals surface area contributed by atoms with E-state index in [1.807, 2.05) is 6.92 Å². The second-order valence-corrected chi connectivity index (χ2v) is 6.22. The summed E-state index contributed by atoms with van der Waals surface area (Å²) in [7, 11) is 0. The number of hydrogen-bond acceptors (Lipinski definition) is 4. The summed E-state index contributed by atoms with van der Waals surface area (Å²) < 4.78 is 0. The van der Waals surface area contributed by atoms with Gasteiger partial charge in [0.25, 0.3) is 0 Å². The maximum Gasteiger partial charge on any atom is 0.137 e. The molecule has 0 aliphatic carbocycles. The van der Waals surface area contributed by atoms with Gasteiger partial charge in [0.1, 0.15) is 16.8 Å². The van der Waals surface area contributed by atoms with Crippen molar-refractivity contribution in [2.45, 2.75) is 45.6 Å². The van der Waals surface area contributed by atoms with E-state index < -0.39 is 0 Å². The number of nitrogens with zero attached hydrogens (tertiary/aromatic N) is 4. The highest BCUT2D eigenvalue weighted by Crippen LogP contribution is 2.29. The highest BCUT2D eigenvalue weighted by molar-refractivity contribution is 6.30. The van der Waals surface area contributed by atoms with Crippen molar-refractivity contribution in [3.05, 3.63) is 16.5 Å². The molecule has 0 bridgehead atoms. The quantitative estimate of drug-likeness (QED) is 0.802. The highest BCUT2D eigenvalue weighted by atomic mass is 35.5. The summed E-state index contributed by atoms with van der Waals surface area (Å²) in [6, 6.07) is 0.690. The Morgan fingerprint density at radius 3 is 2.65 bits per heavy atom. The van der Waals surface area contributed by atoms with Crippen LogP contribution < -0.4 is 4.90 Å². The van der Waals surface area contributed by atoms with Gasteiger partial charge in [-0.25, -0.2) is 9.97 Å². The Bertz CT molecular complexity index is 485. The summed E-state index contributed by atoms with van der Waals surface area (Å²) in [5.74, 6) is 1.89. The Morgan fingerprint density at radius 1 is 1.20 bits per heavy atom. The van der Waals surface area contributed by atoms with Crippen molar-refractivity contribution in [1.82, 2.24) is 14.9 Å².